The van der Waals surface area contributed by atoms with E-state index in [1.807, 2.05) is 6.92 Å². The van der Waals surface area contributed by atoms with Gasteiger partial charge in [-0.25, -0.2) is 22.4 Å². The van der Waals surface area contributed by atoms with E-state index in [0.717, 1.165) is 0 Å². The first-order valence-corrected chi connectivity index (χ1v) is 12.1. The molecule has 4 rings (SSSR count). The van der Waals surface area contributed by atoms with Gasteiger partial charge >= 0.3 is 0 Å². The molecule has 13 heteroatoms. The Labute approximate surface area is 184 Å². The van der Waals surface area contributed by atoms with Gasteiger partial charge in [0.2, 0.25) is 16.0 Å². The van der Waals surface area contributed by atoms with E-state index in [4.69, 9.17) is 23.2 Å². The number of piperidine rings is 1. The van der Waals surface area contributed by atoms with Gasteiger partial charge in [0.25, 0.3) is 0 Å². The van der Waals surface area contributed by atoms with Crippen molar-refractivity contribution in [2.75, 3.05) is 24.2 Å². The van der Waals surface area contributed by atoms with Crippen LogP contribution < -0.4 is 5.32 Å². The Morgan fingerprint density at radius 2 is 1.90 bits per heavy atom. The quantitative estimate of drug-likeness (QED) is 0.586. The molecule has 1 aliphatic heterocycles. The summed E-state index contributed by atoms with van der Waals surface area (Å²) in [6.45, 7) is 5.19. The van der Waals surface area contributed by atoms with Gasteiger partial charge in [0, 0.05) is 25.8 Å². The Morgan fingerprint density at radius 1 is 1.17 bits per heavy atom. The molecule has 0 aromatic carbocycles. The van der Waals surface area contributed by atoms with E-state index >= 15 is 0 Å². The molecule has 10 nitrogen and oxygen atoms in total. The van der Waals surface area contributed by atoms with Crippen molar-refractivity contribution in [1.82, 2.24) is 33.8 Å². The number of fused-ring (bicyclic) bond motifs is 1. The molecule has 0 radical (unpaired) electrons. The molecule has 0 aliphatic carbocycles. The van der Waals surface area contributed by atoms with Gasteiger partial charge in [0.1, 0.15) is 0 Å². The highest BCUT2D eigenvalue weighted by Gasteiger charge is 2.28. The SMILES string of the molecule is CCn1nc(Cl)c2cnc(Nc3cn(C4CCN(S(=O)(=O)CC)CC4)nc3Cl)nc21. The van der Waals surface area contributed by atoms with Crippen molar-refractivity contribution in [3.8, 4) is 0 Å². The highest BCUT2D eigenvalue weighted by Crippen LogP contribution is 2.30. The van der Waals surface area contributed by atoms with Crippen LogP contribution in [0.15, 0.2) is 12.4 Å². The van der Waals surface area contributed by atoms with E-state index in [9.17, 15) is 8.42 Å². The third-order valence-corrected chi connectivity index (χ3v) is 7.67. The van der Waals surface area contributed by atoms with Crippen molar-refractivity contribution in [2.24, 2.45) is 0 Å². The minimum Gasteiger partial charge on any atom is -0.320 e. The standard InChI is InChI=1S/C17H22Cl2N8O2S/c1-3-26-16-12(14(18)23-26)9-20-17(22-16)21-13-10-27(24-15(13)19)11-5-7-25(8-6-11)30(28,29)4-2/h9-11H,3-8H2,1-2H3,(H,20,21,22). The molecule has 162 valence electrons. The molecule has 0 bridgehead atoms. The predicted molar refractivity (Wildman–Crippen MR) is 116 cm³/mol. The van der Waals surface area contributed by atoms with Gasteiger partial charge in [0.15, 0.2) is 16.0 Å². The van der Waals surface area contributed by atoms with Crippen molar-refractivity contribution in [3.05, 3.63) is 22.7 Å². The van der Waals surface area contributed by atoms with Gasteiger partial charge in [-0.05, 0) is 26.7 Å². The Balaban J connectivity index is 1.51. The molecule has 0 amide bonds. The molecule has 0 atom stereocenters. The first kappa shape index (κ1) is 21.3. The third kappa shape index (κ3) is 3.98. The number of sulfonamides is 1. The number of halogens is 2. The molecular formula is C17H22Cl2N8O2S. The summed E-state index contributed by atoms with van der Waals surface area (Å²) in [5.41, 5.74) is 1.21. The zero-order chi connectivity index (χ0) is 21.5. The third-order valence-electron chi connectivity index (χ3n) is 5.23. The molecule has 1 fully saturated rings. The smallest absolute Gasteiger partial charge is 0.229 e. The van der Waals surface area contributed by atoms with Gasteiger partial charge in [-0.3, -0.25) is 4.68 Å². The first-order valence-electron chi connectivity index (χ1n) is 9.71. The number of nitrogens with one attached hydrogen (secondary N) is 1. The van der Waals surface area contributed by atoms with Crippen LogP contribution in [0, 0.1) is 0 Å². The fraction of sp³-hybridized carbons (Fsp3) is 0.529. The van der Waals surface area contributed by atoms with Crippen molar-refractivity contribution in [3.63, 3.8) is 0 Å². The summed E-state index contributed by atoms with van der Waals surface area (Å²) in [5, 5.41) is 13.1. The van der Waals surface area contributed by atoms with Crippen LogP contribution >= 0.6 is 23.2 Å². The highest BCUT2D eigenvalue weighted by molar-refractivity contribution is 7.89. The summed E-state index contributed by atoms with van der Waals surface area (Å²) in [6, 6.07) is 0.0742. The zero-order valence-electron chi connectivity index (χ0n) is 16.6. The molecule has 3 aromatic rings. The Kier molecular flexibility index (Phi) is 5.88. The second kappa shape index (κ2) is 8.29. The van der Waals surface area contributed by atoms with Crippen LogP contribution in [-0.2, 0) is 16.6 Å². The summed E-state index contributed by atoms with van der Waals surface area (Å²) >= 11 is 12.4. The van der Waals surface area contributed by atoms with E-state index in [0.29, 0.717) is 65.5 Å². The second-order valence-corrected chi connectivity index (χ2v) is 9.98. The molecule has 0 spiro atoms. The molecule has 4 heterocycles. The highest BCUT2D eigenvalue weighted by atomic mass is 35.5. The van der Waals surface area contributed by atoms with Crippen LogP contribution in [0.4, 0.5) is 11.6 Å². The van der Waals surface area contributed by atoms with E-state index in [1.54, 1.807) is 33.0 Å². The van der Waals surface area contributed by atoms with Crippen molar-refractivity contribution in [2.45, 2.75) is 39.3 Å². The lowest BCUT2D eigenvalue weighted by molar-refractivity contribution is 0.261. The number of aromatic nitrogens is 6. The van der Waals surface area contributed by atoms with Crippen LogP contribution in [0.25, 0.3) is 11.0 Å². The Morgan fingerprint density at radius 3 is 2.57 bits per heavy atom. The minimum atomic E-state index is -3.16. The zero-order valence-corrected chi connectivity index (χ0v) is 18.9. The average molecular weight is 473 g/mol. The van der Waals surface area contributed by atoms with E-state index in [2.05, 4.69) is 25.5 Å². The molecular weight excluding hydrogens is 451 g/mol. The summed E-state index contributed by atoms with van der Waals surface area (Å²) in [6.07, 6.45) is 4.77. The van der Waals surface area contributed by atoms with Gasteiger partial charge in [-0.15, -0.1) is 0 Å². The molecule has 30 heavy (non-hydrogen) atoms. The number of hydrogen-bond acceptors (Lipinski definition) is 7. The largest absolute Gasteiger partial charge is 0.320 e. The number of aryl methyl sites for hydroxylation is 1. The lowest BCUT2D eigenvalue weighted by atomic mass is 10.1. The number of hydrogen-bond donors (Lipinski definition) is 1. The maximum Gasteiger partial charge on any atom is 0.229 e. The van der Waals surface area contributed by atoms with Crippen molar-refractivity contribution >= 4 is 55.9 Å². The summed E-state index contributed by atoms with van der Waals surface area (Å²) in [4.78, 5) is 8.79. The lowest BCUT2D eigenvalue weighted by Crippen LogP contribution is -2.39. The molecule has 0 unspecified atom stereocenters. The normalized spacial score (nSPS) is 16.4. The van der Waals surface area contributed by atoms with E-state index in [-0.39, 0.29) is 11.8 Å². The average Bonchev–Trinajstić information content (AvgIpc) is 3.27. The number of anilines is 2. The number of nitrogens with zero attached hydrogens (tertiary/aromatic N) is 7. The Hall–Kier alpha value is -1.95. The van der Waals surface area contributed by atoms with Gasteiger partial charge in [-0.2, -0.15) is 15.2 Å². The van der Waals surface area contributed by atoms with Crippen LogP contribution in [0.1, 0.15) is 32.7 Å². The summed E-state index contributed by atoms with van der Waals surface area (Å²) < 4.78 is 29.1. The monoisotopic (exact) mass is 472 g/mol. The molecule has 1 N–H and O–H groups in total. The second-order valence-electron chi connectivity index (χ2n) is 7.01. The maximum atomic E-state index is 12.0. The topological polar surface area (TPSA) is 111 Å². The number of rotatable bonds is 6. The maximum absolute atomic E-state index is 12.0. The van der Waals surface area contributed by atoms with Gasteiger partial charge in [0.05, 0.1) is 29.1 Å². The molecule has 0 saturated carbocycles. The molecule has 1 aliphatic rings. The van der Waals surface area contributed by atoms with Crippen molar-refractivity contribution in [1.29, 1.82) is 0 Å². The van der Waals surface area contributed by atoms with Gasteiger partial charge in [-0.1, -0.05) is 23.2 Å². The first-order chi connectivity index (χ1) is 14.3. The van der Waals surface area contributed by atoms with Crippen LogP contribution in [0.3, 0.4) is 0 Å². The Bertz CT molecular complexity index is 1170. The molecule has 3 aromatic heterocycles. The van der Waals surface area contributed by atoms with E-state index in [1.165, 1.54) is 0 Å². The fourth-order valence-electron chi connectivity index (χ4n) is 3.53. The van der Waals surface area contributed by atoms with E-state index < -0.39 is 10.0 Å². The molecule has 1 saturated heterocycles. The van der Waals surface area contributed by atoms with Crippen LogP contribution in [0.5, 0.6) is 0 Å². The summed E-state index contributed by atoms with van der Waals surface area (Å²) in [5.74, 6) is 0.477. The minimum absolute atomic E-state index is 0.0742. The van der Waals surface area contributed by atoms with Crippen LogP contribution in [-0.4, -0.2) is 61.1 Å². The fourth-order valence-corrected chi connectivity index (χ4v) is 5.07. The summed E-state index contributed by atoms with van der Waals surface area (Å²) in [7, 11) is -3.16. The lowest BCUT2D eigenvalue weighted by Gasteiger charge is -2.30. The van der Waals surface area contributed by atoms with Gasteiger partial charge < -0.3 is 5.32 Å². The predicted octanol–water partition coefficient (Wildman–Crippen LogP) is 3.08. The van der Waals surface area contributed by atoms with Crippen LogP contribution in [0.2, 0.25) is 10.3 Å². The van der Waals surface area contributed by atoms with Crippen molar-refractivity contribution < 1.29 is 8.42 Å².